The summed E-state index contributed by atoms with van der Waals surface area (Å²) < 4.78 is 0. The highest BCUT2D eigenvalue weighted by molar-refractivity contribution is 6.07. The van der Waals surface area contributed by atoms with Crippen molar-refractivity contribution >= 4 is 27.8 Å². The third kappa shape index (κ3) is 4.63. The largest absolute Gasteiger partial charge is 0.309 e. The third-order valence-electron chi connectivity index (χ3n) is 12.1. The zero-order valence-corrected chi connectivity index (χ0v) is 30.7. The maximum absolute atomic E-state index is 2.54. The molecule has 10 rings (SSSR count). The van der Waals surface area contributed by atoms with Gasteiger partial charge in [-0.3, -0.25) is 0 Å². The van der Waals surface area contributed by atoms with E-state index in [0.29, 0.717) is 0 Å². The SMILES string of the molecule is CC1(C)c2ccccc2-c2ccc(N(c3ccccc3-c3cccc4c3-c3ccccc3C4(C)C)c3ccc4ccccc4c3-c3ccccc3)cc21. The lowest BCUT2D eigenvalue weighted by Gasteiger charge is -2.32. The van der Waals surface area contributed by atoms with E-state index < -0.39 is 0 Å². The molecule has 53 heavy (non-hydrogen) atoms. The quantitative estimate of drug-likeness (QED) is 0.175. The monoisotopic (exact) mass is 679 g/mol. The molecule has 0 fully saturated rings. The van der Waals surface area contributed by atoms with Crippen molar-refractivity contribution in [1.29, 1.82) is 0 Å². The summed E-state index contributed by atoms with van der Waals surface area (Å²) in [7, 11) is 0. The van der Waals surface area contributed by atoms with Crippen molar-refractivity contribution in [3.8, 4) is 44.5 Å². The summed E-state index contributed by atoms with van der Waals surface area (Å²) in [5, 5.41) is 2.47. The number of benzene rings is 8. The van der Waals surface area contributed by atoms with E-state index in [0.717, 1.165) is 17.1 Å². The minimum Gasteiger partial charge on any atom is -0.309 e. The Morgan fingerprint density at radius 3 is 1.75 bits per heavy atom. The molecule has 0 aromatic heterocycles. The van der Waals surface area contributed by atoms with Gasteiger partial charge in [0.15, 0.2) is 0 Å². The number of rotatable bonds is 5. The second-order valence-corrected chi connectivity index (χ2v) is 15.7. The summed E-state index contributed by atoms with van der Waals surface area (Å²) in [6.45, 7) is 9.48. The van der Waals surface area contributed by atoms with Crippen LogP contribution in [0.15, 0.2) is 176 Å². The van der Waals surface area contributed by atoms with Crippen molar-refractivity contribution in [2.45, 2.75) is 38.5 Å². The third-order valence-corrected chi connectivity index (χ3v) is 12.1. The summed E-state index contributed by atoms with van der Waals surface area (Å²) in [6.07, 6.45) is 0. The van der Waals surface area contributed by atoms with Crippen LogP contribution in [0.3, 0.4) is 0 Å². The van der Waals surface area contributed by atoms with Gasteiger partial charge in [-0.25, -0.2) is 0 Å². The fourth-order valence-electron chi connectivity index (χ4n) is 9.47. The lowest BCUT2D eigenvalue weighted by molar-refractivity contribution is 0.660. The molecular formula is C52H41N. The smallest absolute Gasteiger partial charge is 0.0546 e. The van der Waals surface area contributed by atoms with Crippen LogP contribution in [0.1, 0.15) is 49.9 Å². The molecular weight excluding hydrogens is 639 g/mol. The van der Waals surface area contributed by atoms with E-state index in [2.05, 4.69) is 209 Å². The Morgan fingerprint density at radius 1 is 0.358 bits per heavy atom. The van der Waals surface area contributed by atoms with E-state index in [1.54, 1.807) is 0 Å². The zero-order valence-electron chi connectivity index (χ0n) is 30.7. The Hall–Kier alpha value is -6.18. The molecule has 1 nitrogen and oxygen atoms in total. The molecule has 0 spiro atoms. The summed E-state index contributed by atoms with van der Waals surface area (Å²) >= 11 is 0. The Bertz CT molecular complexity index is 2730. The van der Waals surface area contributed by atoms with Crippen molar-refractivity contribution in [3.05, 3.63) is 198 Å². The summed E-state index contributed by atoms with van der Waals surface area (Å²) in [5.41, 5.74) is 19.0. The molecule has 1 heteroatoms. The van der Waals surface area contributed by atoms with Crippen LogP contribution in [0.25, 0.3) is 55.3 Å². The number of anilines is 3. The van der Waals surface area contributed by atoms with E-state index in [1.807, 2.05) is 0 Å². The second-order valence-electron chi connectivity index (χ2n) is 15.7. The highest BCUT2D eigenvalue weighted by atomic mass is 15.1. The van der Waals surface area contributed by atoms with Crippen LogP contribution in [0.5, 0.6) is 0 Å². The van der Waals surface area contributed by atoms with E-state index in [4.69, 9.17) is 0 Å². The van der Waals surface area contributed by atoms with Crippen molar-refractivity contribution in [1.82, 2.24) is 0 Å². The van der Waals surface area contributed by atoms with Crippen molar-refractivity contribution in [3.63, 3.8) is 0 Å². The van der Waals surface area contributed by atoms with Crippen LogP contribution < -0.4 is 4.90 Å². The van der Waals surface area contributed by atoms with Crippen LogP contribution in [0, 0.1) is 0 Å². The van der Waals surface area contributed by atoms with Gasteiger partial charge in [0.05, 0.1) is 11.4 Å². The number of para-hydroxylation sites is 1. The molecule has 0 aliphatic heterocycles. The molecule has 0 unspecified atom stereocenters. The van der Waals surface area contributed by atoms with E-state index >= 15 is 0 Å². The van der Waals surface area contributed by atoms with Gasteiger partial charge in [-0.15, -0.1) is 0 Å². The average molecular weight is 680 g/mol. The Kier molecular flexibility index (Phi) is 6.94. The Labute approximate surface area is 312 Å². The molecule has 0 saturated carbocycles. The first-order valence-electron chi connectivity index (χ1n) is 18.8. The fraction of sp³-hybridized carbons (Fsp3) is 0.115. The molecule has 2 aliphatic carbocycles. The lowest BCUT2D eigenvalue weighted by atomic mass is 9.82. The minimum absolute atomic E-state index is 0.0873. The van der Waals surface area contributed by atoms with E-state index in [1.165, 1.54) is 77.5 Å². The fourth-order valence-corrected chi connectivity index (χ4v) is 9.47. The average Bonchev–Trinajstić information content (AvgIpc) is 3.58. The second kappa shape index (κ2) is 11.7. The van der Waals surface area contributed by atoms with Gasteiger partial charge in [0.2, 0.25) is 0 Å². The molecule has 2 aliphatic rings. The first-order valence-corrected chi connectivity index (χ1v) is 18.8. The molecule has 0 radical (unpaired) electrons. The molecule has 0 amide bonds. The van der Waals surface area contributed by atoms with Crippen LogP contribution in [0.4, 0.5) is 17.1 Å². The first-order chi connectivity index (χ1) is 25.8. The van der Waals surface area contributed by atoms with Crippen molar-refractivity contribution in [2.24, 2.45) is 0 Å². The van der Waals surface area contributed by atoms with Crippen LogP contribution in [0.2, 0.25) is 0 Å². The van der Waals surface area contributed by atoms with Gasteiger partial charge in [0.1, 0.15) is 0 Å². The first kappa shape index (κ1) is 31.5. The van der Waals surface area contributed by atoms with Gasteiger partial charge in [0, 0.05) is 27.6 Å². The molecule has 0 N–H and O–H groups in total. The normalized spacial score (nSPS) is 14.3. The lowest BCUT2D eigenvalue weighted by Crippen LogP contribution is -2.17. The van der Waals surface area contributed by atoms with Crippen molar-refractivity contribution < 1.29 is 0 Å². The predicted octanol–water partition coefficient (Wildman–Crippen LogP) is 14.3. The van der Waals surface area contributed by atoms with Crippen LogP contribution >= 0.6 is 0 Å². The topological polar surface area (TPSA) is 3.24 Å². The highest BCUT2D eigenvalue weighted by Crippen LogP contribution is 2.56. The maximum Gasteiger partial charge on any atom is 0.0546 e. The summed E-state index contributed by atoms with van der Waals surface area (Å²) in [4.78, 5) is 2.54. The molecule has 0 bridgehead atoms. The van der Waals surface area contributed by atoms with Gasteiger partial charge in [-0.05, 0) is 90.7 Å². The minimum atomic E-state index is -0.131. The van der Waals surface area contributed by atoms with Crippen LogP contribution in [-0.4, -0.2) is 0 Å². The number of hydrogen-bond donors (Lipinski definition) is 0. The summed E-state index contributed by atoms with van der Waals surface area (Å²) in [5.74, 6) is 0. The van der Waals surface area contributed by atoms with E-state index in [9.17, 15) is 0 Å². The zero-order chi connectivity index (χ0) is 35.9. The van der Waals surface area contributed by atoms with Gasteiger partial charge in [-0.1, -0.05) is 179 Å². The maximum atomic E-state index is 2.54. The summed E-state index contributed by atoms with van der Waals surface area (Å²) in [6, 6.07) is 65.4. The van der Waals surface area contributed by atoms with Gasteiger partial charge >= 0.3 is 0 Å². The number of nitrogens with zero attached hydrogens (tertiary/aromatic N) is 1. The molecule has 8 aromatic carbocycles. The van der Waals surface area contributed by atoms with Gasteiger partial charge < -0.3 is 4.90 Å². The van der Waals surface area contributed by atoms with Gasteiger partial charge in [-0.2, -0.15) is 0 Å². The van der Waals surface area contributed by atoms with E-state index in [-0.39, 0.29) is 10.8 Å². The van der Waals surface area contributed by atoms with Crippen LogP contribution in [-0.2, 0) is 10.8 Å². The molecule has 254 valence electrons. The molecule has 0 saturated heterocycles. The number of fused-ring (bicyclic) bond motifs is 7. The molecule has 0 atom stereocenters. The number of hydrogen-bond acceptors (Lipinski definition) is 1. The standard InChI is InChI=1S/C52H41N/c1-51(2)44-26-14-11-23-42(44)50-41(24-16-27-45(50)51)40-22-12-15-28-47(40)53(36-30-31-39-38-21-10-13-25-43(38)52(3,4)46(39)33-36)48-32-29-34-17-8-9-20-37(34)49(48)35-18-6-5-7-19-35/h5-33H,1-4H3. The Morgan fingerprint density at radius 2 is 0.943 bits per heavy atom. The Balaban J connectivity index is 1.29. The van der Waals surface area contributed by atoms with Gasteiger partial charge in [0.25, 0.3) is 0 Å². The molecule has 8 aromatic rings. The predicted molar refractivity (Wildman–Crippen MR) is 225 cm³/mol. The van der Waals surface area contributed by atoms with Crippen molar-refractivity contribution in [2.75, 3.05) is 4.90 Å². The molecule has 0 heterocycles. The highest BCUT2D eigenvalue weighted by Gasteiger charge is 2.38.